The average Bonchev–Trinajstić information content (AvgIpc) is 3.79. The van der Waals surface area contributed by atoms with Crippen molar-refractivity contribution in [2.24, 2.45) is 0 Å². The van der Waals surface area contributed by atoms with Gasteiger partial charge in [0.25, 0.3) is 0 Å². The van der Waals surface area contributed by atoms with Gasteiger partial charge in [-0.05, 0) is 115 Å². The van der Waals surface area contributed by atoms with Gasteiger partial charge in [-0.1, -0.05) is 140 Å². The van der Waals surface area contributed by atoms with Crippen LogP contribution in [0.4, 0.5) is 0 Å². The summed E-state index contributed by atoms with van der Waals surface area (Å²) in [5, 5.41) is 14.9. The van der Waals surface area contributed by atoms with E-state index < -0.39 is 0 Å². The molecular weight excluding hydrogens is 673 g/mol. The summed E-state index contributed by atoms with van der Waals surface area (Å²) in [5.41, 5.74) is 9.46. The van der Waals surface area contributed by atoms with Crippen LogP contribution in [-0.4, -0.2) is 0 Å². The Morgan fingerprint density at radius 1 is 0.463 bits per heavy atom. The normalized spacial score (nSPS) is 12.9. The smallest absolute Gasteiger partial charge is 0.143 e. The first kappa shape index (κ1) is 31.1. The van der Waals surface area contributed by atoms with Crippen LogP contribution in [0, 0.1) is 0 Å². The zero-order chi connectivity index (χ0) is 35.9. The number of para-hydroxylation sites is 1. The molecule has 0 atom stereocenters. The lowest BCUT2D eigenvalue weighted by molar-refractivity contribution is 0.673. The molecule has 0 N–H and O–H groups in total. The maximum absolute atomic E-state index is 6.53. The molecule has 0 bridgehead atoms. The summed E-state index contributed by atoms with van der Waals surface area (Å²) in [6, 6.07) is 57.6. The molecule has 0 spiro atoms. The summed E-state index contributed by atoms with van der Waals surface area (Å²) in [6.45, 7) is 4.48. The summed E-state index contributed by atoms with van der Waals surface area (Å²) in [7, 11) is 0. The van der Waals surface area contributed by atoms with Gasteiger partial charge < -0.3 is 4.42 Å². The number of hydrogen-bond donors (Lipinski definition) is 0. The van der Waals surface area contributed by atoms with Crippen molar-refractivity contribution in [3.63, 3.8) is 0 Å². The SMILES string of the molecule is C/C(=C\C=C(/C)c1c2ccccc2c(-c2ccc3ccccc3c2)c2ccccc12)c1ccc2c(c1)sc1ccc3ccc4c5ccccc5oc4c3c12. The zero-order valence-corrected chi connectivity index (χ0v) is 30.8. The fraction of sp³-hybridized carbons (Fsp3) is 0.0385. The molecule has 0 aliphatic carbocycles. The van der Waals surface area contributed by atoms with Crippen LogP contribution in [0.5, 0.6) is 0 Å². The van der Waals surface area contributed by atoms with Gasteiger partial charge in [0.05, 0.1) is 0 Å². The van der Waals surface area contributed by atoms with E-state index in [1.165, 1.54) is 107 Å². The maximum atomic E-state index is 6.53. The standard InChI is InChI=1S/C52H34OS/c1-31(35-24-27-44-47(30-35)54-46-28-25-34-23-26-43-38-13-9-10-18-45(38)53-52(43)50(34)51(44)46)19-20-32(2)48-39-14-5-7-16-41(39)49(42-17-8-6-15-40(42)48)37-22-21-33-11-3-4-12-36(33)29-37/h3-30H,1-2H3/b31-19+,32-20+. The van der Waals surface area contributed by atoms with E-state index in [0.29, 0.717) is 0 Å². The molecule has 54 heavy (non-hydrogen) atoms. The van der Waals surface area contributed by atoms with Crippen molar-refractivity contribution in [2.45, 2.75) is 13.8 Å². The topological polar surface area (TPSA) is 13.1 Å². The number of benzene rings is 9. The lowest BCUT2D eigenvalue weighted by Crippen LogP contribution is -1.92. The van der Waals surface area contributed by atoms with Crippen LogP contribution in [0.25, 0.3) is 107 Å². The Bertz CT molecular complexity index is 3350. The maximum Gasteiger partial charge on any atom is 0.143 e. The van der Waals surface area contributed by atoms with Gasteiger partial charge in [-0.15, -0.1) is 11.3 Å². The van der Waals surface area contributed by atoms with Crippen LogP contribution >= 0.6 is 11.3 Å². The Balaban J connectivity index is 1.03. The summed E-state index contributed by atoms with van der Waals surface area (Å²) in [6.07, 6.45) is 4.60. The first-order valence-corrected chi connectivity index (χ1v) is 19.4. The third kappa shape index (κ3) is 4.70. The Hall–Kier alpha value is -6.48. The lowest BCUT2D eigenvalue weighted by Gasteiger charge is -2.18. The monoisotopic (exact) mass is 706 g/mol. The van der Waals surface area contributed by atoms with Gasteiger partial charge in [0.15, 0.2) is 0 Å². The molecule has 11 rings (SSSR count). The van der Waals surface area contributed by atoms with E-state index in [4.69, 9.17) is 4.42 Å². The summed E-state index contributed by atoms with van der Waals surface area (Å²) < 4.78 is 9.10. The largest absolute Gasteiger partial charge is 0.455 e. The van der Waals surface area contributed by atoms with Crippen molar-refractivity contribution in [1.82, 2.24) is 0 Å². The van der Waals surface area contributed by atoms with Crippen LogP contribution in [0.3, 0.4) is 0 Å². The Morgan fingerprint density at radius 3 is 1.89 bits per heavy atom. The number of fused-ring (bicyclic) bond motifs is 12. The second-order valence-corrected chi connectivity index (χ2v) is 15.6. The van der Waals surface area contributed by atoms with E-state index in [1.54, 1.807) is 0 Å². The van der Waals surface area contributed by atoms with Crippen molar-refractivity contribution in [1.29, 1.82) is 0 Å². The van der Waals surface area contributed by atoms with Crippen molar-refractivity contribution >= 4 is 108 Å². The van der Waals surface area contributed by atoms with Crippen molar-refractivity contribution in [3.05, 3.63) is 181 Å². The number of hydrogen-bond acceptors (Lipinski definition) is 2. The highest BCUT2D eigenvalue weighted by atomic mass is 32.1. The first-order valence-electron chi connectivity index (χ1n) is 18.6. The molecule has 9 aromatic carbocycles. The molecular formula is C52H34OS. The van der Waals surface area contributed by atoms with Crippen molar-refractivity contribution in [3.8, 4) is 11.1 Å². The molecule has 2 aromatic heterocycles. The quantitative estimate of drug-likeness (QED) is 0.131. The molecule has 0 amide bonds. The molecule has 2 heteroatoms. The highest BCUT2D eigenvalue weighted by molar-refractivity contribution is 7.26. The van der Waals surface area contributed by atoms with Gasteiger partial charge in [-0.2, -0.15) is 0 Å². The molecule has 1 nitrogen and oxygen atoms in total. The lowest BCUT2D eigenvalue weighted by atomic mass is 9.85. The van der Waals surface area contributed by atoms with E-state index in [9.17, 15) is 0 Å². The van der Waals surface area contributed by atoms with Gasteiger partial charge in [0.1, 0.15) is 11.2 Å². The number of furan rings is 1. The predicted octanol–water partition coefficient (Wildman–Crippen LogP) is 15.7. The van der Waals surface area contributed by atoms with Gasteiger partial charge in [-0.25, -0.2) is 0 Å². The van der Waals surface area contributed by atoms with Crippen LogP contribution in [-0.2, 0) is 0 Å². The fourth-order valence-electron chi connectivity index (χ4n) is 8.74. The Kier molecular flexibility index (Phi) is 6.92. The predicted molar refractivity (Wildman–Crippen MR) is 236 cm³/mol. The third-order valence-corrected chi connectivity index (χ3v) is 12.5. The molecule has 0 saturated carbocycles. The van der Waals surface area contributed by atoms with Gasteiger partial charge >= 0.3 is 0 Å². The molecule has 0 saturated heterocycles. The molecule has 2 heterocycles. The van der Waals surface area contributed by atoms with Crippen molar-refractivity contribution < 1.29 is 4.42 Å². The Morgan fingerprint density at radius 2 is 1.09 bits per heavy atom. The minimum absolute atomic E-state index is 0.935. The van der Waals surface area contributed by atoms with Gasteiger partial charge in [0, 0.05) is 36.3 Å². The minimum Gasteiger partial charge on any atom is -0.455 e. The number of allylic oxidation sites excluding steroid dienone is 4. The number of rotatable bonds is 4. The summed E-state index contributed by atoms with van der Waals surface area (Å²) in [4.78, 5) is 0. The molecule has 11 aromatic rings. The third-order valence-electron chi connectivity index (χ3n) is 11.4. The molecule has 0 fully saturated rings. The molecule has 254 valence electrons. The minimum atomic E-state index is 0.935. The van der Waals surface area contributed by atoms with E-state index >= 15 is 0 Å². The molecule has 0 aliphatic rings. The molecule has 0 unspecified atom stereocenters. The van der Waals surface area contributed by atoms with E-state index in [-0.39, 0.29) is 0 Å². The van der Waals surface area contributed by atoms with E-state index in [2.05, 4.69) is 178 Å². The fourth-order valence-corrected chi connectivity index (χ4v) is 9.89. The second kappa shape index (κ2) is 12.0. The van der Waals surface area contributed by atoms with E-state index in [1.807, 2.05) is 17.4 Å². The highest BCUT2D eigenvalue weighted by Crippen LogP contribution is 2.45. The summed E-state index contributed by atoms with van der Waals surface area (Å²) >= 11 is 1.86. The highest BCUT2D eigenvalue weighted by Gasteiger charge is 2.18. The van der Waals surface area contributed by atoms with Gasteiger partial charge in [0.2, 0.25) is 0 Å². The Labute approximate surface area is 316 Å². The van der Waals surface area contributed by atoms with Crippen LogP contribution in [0.1, 0.15) is 25.0 Å². The van der Waals surface area contributed by atoms with Crippen LogP contribution in [0.2, 0.25) is 0 Å². The van der Waals surface area contributed by atoms with Crippen LogP contribution < -0.4 is 0 Å². The summed E-state index contributed by atoms with van der Waals surface area (Å²) in [5.74, 6) is 0. The first-order chi connectivity index (χ1) is 26.6. The molecule has 0 radical (unpaired) electrons. The molecule has 0 aliphatic heterocycles. The average molecular weight is 707 g/mol. The number of thiophene rings is 1. The second-order valence-electron chi connectivity index (χ2n) is 14.5. The van der Waals surface area contributed by atoms with Gasteiger partial charge in [-0.3, -0.25) is 0 Å². The van der Waals surface area contributed by atoms with Crippen LogP contribution in [0.15, 0.2) is 174 Å². The van der Waals surface area contributed by atoms with E-state index in [0.717, 1.165) is 11.2 Å². The van der Waals surface area contributed by atoms with Crippen molar-refractivity contribution in [2.75, 3.05) is 0 Å². The zero-order valence-electron chi connectivity index (χ0n) is 30.0.